The number of para-hydroxylation sites is 2. The van der Waals surface area contributed by atoms with E-state index in [1.807, 2.05) is 37.3 Å². The first-order chi connectivity index (χ1) is 14.2. The molecule has 7 heteroatoms. The number of hydrogen-bond donors (Lipinski definition) is 1. The highest BCUT2D eigenvalue weighted by Crippen LogP contribution is 2.30. The van der Waals surface area contributed by atoms with E-state index in [0.717, 1.165) is 24.2 Å². The van der Waals surface area contributed by atoms with Crippen LogP contribution < -0.4 is 24.4 Å². The molecule has 0 bridgehead atoms. The molecule has 3 rings (SSSR count). The van der Waals surface area contributed by atoms with Crippen LogP contribution in [0.15, 0.2) is 47.6 Å². The van der Waals surface area contributed by atoms with Crippen LogP contribution in [0.3, 0.4) is 0 Å². The number of rotatable bonds is 9. The highest BCUT2D eigenvalue weighted by molar-refractivity contribution is 5.87. The lowest BCUT2D eigenvalue weighted by atomic mass is 10.2. The van der Waals surface area contributed by atoms with E-state index in [4.69, 9.17) is 18.9 Å². The molecular weight excluding hydrogens is 372 g/mol. The molecule has 0 saturated heterocycles. The zero-order chi connectivity index (χ0) is 20.5. The fraction of sp³-hybridized carbons (Fsp3) is 0.364. The van der Waals surface area contributed by atoms with E-state index in [9.17, 15) is 4.79 Å². The molecule has 1 N–H and O–H groups in total. The molecule has 1 atom stereocenters. The van der Waals surface area contributed by atoms with Crippen LogP contribution in [0.1, 0.15) is 32.3 Å². The summed E-state index contributed by atoms with van der Waals surface area (Å²) in [6.45, 7) is 5.45. The van der Waals surface area contributed by atoms with Gasteiger partial charge in [-0.25, -0.2) is 5.43 Å². The third-order valence-electron chi connectivity index (χ3n) is 4.10. The quantitative estimate of drug-likeness (QED) is 0.516. The Kier molecular flexibility index (Phi) is 7.33. The predicted octanol–water partition coefficient (Wildman–Crippen LogP) is 3.55. The highest BCUT2D eigenvalue weighted by atomic mass is 16.6. The number of hydrazone groups is 1. The van der Waals surface area contributed by atoms with E-state index in [0.29, 0.717) is 30.5 Å². The zero-order valence-corrected chi connectivity index (χ0v) is 16.7. The van der Waals surface area contributed by atoms with Crippen molar-refractivity contribution < 1.29 is 23.7 Å². The van der Waals surface area contributed by atoms with Crippen LogP contribution in [0.2, 0.25) is 0 Å². The molecule has 2 aromatic rings. The summed E-state index contributed by atoms with van der Waals surface area (Å²) >= 11 is 0. The molecule has 1 aliphatic heterocycles. The Morgan fingerprint density at radius 3 is 2.69 bits per heavy atom. The fourth-order valence-corrected chi connectivity index (χ4v) is 2.65. The summed E-state index contributed by atoms with van der Waals surface area (Å²) in [4.78, 5) is 12.3. The second kappa shape index (κ2) is 10.4. The van der Waals surface area contributed by atoms with Crippen molar-refractivity contribution in [2.24, 2.45) is 5.10 Å². The first-order valence-corrected chi connectivity index (χ1v) is 9.82. The number of hydrogen-bond acceptors (Lipinski definition) is 6. The SMILES string of the molecule is CCCOc1ccc(/C=N\NC(=O)[C@H]2COc3ccccc3O2)c(OCCC)c1. The Morgan fingerprint density at radius 1 is 1.14 bits per heavy atom. The molecule has 1 heterocycles. The number of carbonyl (C=O) groups is 1. The van der Waals surface area contributed by atoms with E-state index in [1.54, 1.807) is 18.3 Å². The van der Waals surface area contributed by atoms with Gasteiger partial charge in [-0.2, -0.15) is 5.10 Å². The Hall–Kier alpha value is -3.22. The Morgan fingerprint density at radius 2 is 1.90 bits per heavy atom. The molecule has 1 amide bonds. The Balaban J connectivity index is 1.62. The standard InChI is InChI=1S/C22H26N2O5/c1-3-11-26-17-10-9-16(20(13-17)27-12-4-2)14-23-24-22(25)21-15-28-18-7-5-6-8-19(18)29-21/h5-10,13-14,21H,3-4,11-12,15H2,1-2H3,(H,24,25)/b23-14-/t21-/m1/s1. The fourth-order valence-electron chi connectivity index (χ4n) is 2.65. The lowest BCUT2D eigenvalue weighted by Gasteiger charge is -2.24. The summed E-state index contributed by atoms with van der Waals surface area (Å²) in [7, 11) is 0. The van der Waals surface area contributed by atoms with E-state index in [2.05, 4.69) is 17.5 Å². The van der Waals surface area contributed by atoms with Crippen molar-refractivity contribution in [1.29, 1.82) is 0 Å². The third-order valence-corrected chi connectivity index (χ3v) is 4.10. The molecule has 0 aliphatic carbocycles. The summed E-state index contributed by atoms with van der Waals surface area (Å²) in [6.07, 6.45) is 2.60. The maximum atomic E-state index is 12.3. The highest BCUT2D eigenvalue weighted by Gasteiger charge is 2.27. The number of nitrogens with one attached hydrogen (secondary N) is 1. The normalized spacial score (nSPS) is 15.2. The van der Waals surface area contributed by atoms with Crippen LogP contribution >= 0.6 is 0 Å². The van der Waals surface area contributed by atoms with Gasteiger partial charge in [0.25, 0.3) is 5.91 Å². The average molecular weight is 398 g/mol. The molecule has 0 aromatic heterocycles. The minimum atomic E-state index is -0.761. The molecule has 1 aliphatic rings. The number of fused-ring (bicyclic) bond motifs is 1. The summed E-state index contributed by atoms with van der Waals surface area (Å²) in [5.74, 6) is 2.19. The lowest BCUT2D eigenvalue weighted by molar-refractivity contribution is -0.130. The van der Waals surface area contributed by atoms with Crippen LogP contribution in [0, 0.1) is 0 Å². The van der Waals surface area contributed by atoms with Gasteiger partial charge in [-0.05, 0) is 37.1 Å². The predicted molar refractivity (Wildman–Crippen MR) is 110 cm³/mol. The topological polar surface area (TPSA) is 78.4 Å². The molecule has 29 heavy (non-hydrogen) atoms. The van der Waals surface area contributed by atoms with Gasteiger partial charge in [0.1, 0.15) is 18.1 Å². The maximum Gasteiger partial charge on any atom is 0.284 e. The summed E-state index contributed by atoms with van der Waals surface area (Å²) in [5.41, 5.74) is 3.25. The molecule has 2 aromatic carbocycles. The van der Waals surface area contributed by atoms with Crippen molar-refractivity contribution in [2.45, 2.75) is 32.8 Å². The van der Waals surface area contributed by atoms with Crippen LogP contribution in [-0.4, -0.2) is 38.0 Å². The molecular formula is C22H26N2O5. The van der Waals surface area contributed by atoms with Crippen LogP contribution in [-0.2, 0) is 4.79 Å². The zero-order valence-electron chi connectivity index (χ0n) is 16.7. The molecule has 7 nitrogen and oxygen atoms in total. The maximum absolute atomic E-state index is 12.3. The third kappa shape index (κ3) is 5.63. The van der Waals surface area contributed by atoms with E-state index in [-0.39, 0.29) is 12.5 Å². The van der Waals surface area contributed by atoms with Gasteiger partial charge >= 0.3 is 0 Å². The minimum absolute atomic E-state index is 0.132. The lowest BCUT2D eigenvalue weighted by Crippen LogP contribution is -2.42. The summed E-state index contributed by atoms with van der Waals surface area (Å²) in [6, 6.07) is 12.8. The van der Waals surface area contributed by atoms with Gasteiger partial charge in [0.15, 0.2) is 11.5 Å². The second-order valence-electron chi connectivity index (χ2n) is 6.50. The summed E-state index contributed by atoms with van der Waals surface area (Å²) in [5, 5.41) is 4.05. The van der Waals surface area contributed by atoms with Gasteiger partial charge in [0.2, 0.25) is 6.10 Å². The molecule has 0 unspecified atom stereocenters. The molecule has 0 spiro atoms. The monoisotopic (exact) mass is 398 g/mol. The first kappa shape index (κ1) is 20.5. The van der Waals surface area contributed by atoms with Crippen LogP contribution in [0.5, 0.6) is 23.0 Å². The molecule has 0 fully saturated rings. The molecule has 154 valence electrons. The van der Waals surface area contributed by atoms with Crippen molar-refractivity contribution >= 4 is 12.1 Å². The first-order valence-electron chi connectivity index (χ1n) is 9.82. The van der Waals surface area contributed by atoms with E-state index >= 15 is 0 Å². The van der Waals surface area contributed by atoms with Gasteiger partial charge in [-0.3, -0.25) is 4.79 Å². The van der Waals surface area contributed by atoms with Gasteiger partial charge in [-0.1, -0.05) is 26.0 Å². The average Bonchev–Trinajstić information content (AvgIpc) is 2.76. The van der Waals surface area contributed by atoms with E-state index in [1.165, 1.54) is 0 Å². The minimum Gasteiger partial charge on any atom is -0.493 e. The summed E-state index contributed by atoms with van der Waals surface area (Å²) < 4.78 is 22.7. The van der Waals surface area contributed by atoms with Crippen molar-refractivity contribution in [3.8, 4) is 23.0 Å². The number of nitrogens with zero attached hydrogens (tertiary/aromatic N) is 1. The van der Waals surface area contributed by atoms with Crippen molar-refractivity contribution in [3.05, 3.63) is 48.0 Å². The Bertz CT molecular complexity index is 853. The molecule has 0 radical (unpaired) electrons. The Labute approximate surface area is 170 Å². The number of benzene rings is 2. The number of carbonyl (C=O) groups excluding carboxylic acids is 1. The van der Waals surface area contributed by atoms with Gasteiger partial charge in [-0.15, -0.1) is 0 Å². The van der Waals surface area contributed by atoms with Crippen LogP contribution in [0.25, 0.3) is 0 Å². The van der Waals surface area contributed by atoms with Gasteiger partial charge in [0, 0.05) is 11.6 Å². The molecule has 0 saturated carbocycles. The second-order valence-corrected chi connectivity index (χ2v) is 6.50. The van der Waals surface area contributed by atoms with Crippen molar-refractivity contribution in [3.63, 3.8) is 0 Å². The van der Waals surface area contributed by atoms with E-state index < -0.39 is 6.10 Å². The van der Waals surface area contributed by atoms with Crippen LogP contribution in [0.4, 0.5) is 0 Å². The largest absolute Gasteiger partial charge is 0.493 e. The number of amides is 1. The van der Waals surface area contributed by atoms with Gasteiger partial charge < -0.3 is 18.9 Å². The van der Waals surface area contributed by atoms with Crippen molar-refractivity contribution in [1.82, 2.24) is 5.43 Å². The number of ether oxygens (including phenoxy) is 4. The van der Waals surface area contributed by atoms with Crippen molar-refractivity contribution in [2.75, 3.05) is 19.8 Å². The van der Waals surface area contributed by atoms with Gasteiger partial charge in [0.05, 0.1) is 19.4 Å². The smallest absolute Gasteiger partial charge is 0.284 e.